The molecule has 0 unspecified atom stereocenters. The topological polar surface area (TPSA) is 54.5 Å². The van der Waals surface area contributed by atoms with Gasteiger partial charge in [-0.3, -0.25) is 0 Å². The van der Waals surface area contributed by atoms with Crippen molar-refractivity contribution in [1.82, 2.24) is 19.9 Å². The zero-order valence-corrected chi connectivity index (χ0v) is 9.18. The van der Waals surface area contributed by atoms with Gasteiger partial charge in [0.25, 0.3) is 0 Å². The van der Waals surface area contributed by atoms with E-state index in [1.165, 1.54) is 0 Å². The molecular formula is C9H6N4S2. The SMILES string of the molecule is c1c[nH]c(-c2cnc(-c3cscn3)s2)n1. The van der Waals surface area contributed by atoms with E-state index < -0.39 is 0 Å². The Kier molecular flexibility index (Phi) is 2.08. The lowest BCUT2D eigenvalue weighted by Crippen LogP contribution is -1.71. The van der Waals surface area contributed by atoms with E-state index in [9.17, 15) is 0 Å². The van der Waals surface area contributed by atoms with Crippen LogP contribution in [0, 0.1) is 0 Å². The highest BCUT2D eigenvalue weighted by molar-refractivity contribution is 7.18. The van der Waals surface area contributed by atoms with Crippen molar-refractivity contribution in [3.05, 3.63) is 29.5 Å². The summed E-state index contributed by atoms with van der Waals surface area (Å²) in [5.41, 5.74) is 2.74. The number of nitrogens with zero attached hydrogens (tertiary/aromatic N) is 3. The van der Waals surface area contributed by atoms with Crippen LogP contribution in [0.2, 0.25) is 0 Å². The molecule has 0 aliphatic carbocycles. The van der Waals surface area contributed by atoms with Crippen LogP contribution < -0.4 is 0 Å². The Hall–Kier alpha value is -1.53. The molecular weight excluding hydrogens is 228 g/mol. The minimum absolute atomic E-state index is 0.856. The quantitative estimate of drug-likeness (QED) is 0.741. The molecule has 3 aromatic rings. The fourth-order valence-corrected chi connectivity index (χ4v) is 2.68. The summed E-state index contributed by atoms with van der Waals surface area (Å²) in [6.45, 7) is 0. The molecule has 6 heteroatoms. The first kappa shape index (κ1) is 8.75. The first-order valence-corrected chi connectivity index (χ1v) is 6.03. The van der Waals surface area contributed by atoms with Crippen LogP contribution in [0.1, 0.15) is 0 Å². The van der Waals surface area contributed by atoms with Gasteiger partial charge in [-0.05, 0) is 0 Å². The molecule has 0 spiro atoms. The number of aromatic nitrogens is 4. The first-order chi connectivity index (χ1) is 7.43. The minimum Gasteiger partial charge on any atom is -0.344 e. The van der Waals surface area contributed by atoms with Crippen molar-refractivity contribution in [1.29, 1.82) is 0 Å². The third kappa shape index (κ3) is 1.57. The maximum Gasteiger partial charge on any atom is 0.149 e. The molecule has 0 aliphatic rings. The van der Waals surface area contributed by atoms with Gasteiger partial charge in [0.2, 0.25) is 0 Å². The average Bonchev–Trinajstić information content (AvgIpc) is 3.02. The summed E-state index contributed by atoms with van der Waals surface area (Å²) in [7, 11) is 0. The summed E-state index contributed by atoms with van der Waals surface area (Å²) >= 11 is 3.16. The molecule has 0 amide bonds. The van der Waals surface area contributed by atoms with Gasteiger partial charge in [-0.15, -0.1) is 22.7 Å². The van der Waals surface area contributed by atoms with Crippen LogP contribution in [0.25, 0.3) is 21.4 Å². The zero-order chi connectivity index (χ0) is 10.1. The Balaban J connectivity index is 2.02. The number of nitrogens with one attached hydrogen (secondary N) is 1. The Labute approximate surface area is 93.7 Å². The molecule has 0 bridgehead atoms. The van der Waals surface area contributed by atoms with Crippen LogP contribution in [0.3, 0.4) is 0 Å². The highest BCUT2D eigenvalue weighted by Gasteiger charge is 2.08. The fourth-order valence-electron chi connectivity index (χ4n) is 1.22. The van der Waals surface area contributed by atoms with Crippen molar-refractivity contribution >= 4 is 22.7 Å². The second kappa shape index (κ2) is 3.56. The predicted octanol–water partition coefficient (Wildman–Crippen LogP) is 2.66. The molecule has 15 heavy (non-hydrogen) atoms. The van der Waals surface area contributed by atoms with E-state index in [4.69, 9.17) is 0 Å². The minimum atomic E-state index is 0.856. The largest absolute Gasteiger partial charge is 0.344 e. The van der Waals surface area contributed by atoms with Crippen molar-refractivity contribution in [2.45, 2.75) is 0 Å². The van der Waals surface area contributed by atoms with Gasteiger partial charge >= 0.3 is 0 Å². The van der Waals surface area contributed by atoms with Crippen LogP contribution >= 0.6 is 22.7 Å². The summed E-state index contributed by atoms with van der Waals surface area (Å²) in [6, 6.07) is 0. The van der Waals surface area contributed by atoms with Crippen LogP contribution in [-0.4, -0.2) is 19.9 Å². The third-order valence-electron chi connectivity index (χ3n) is 1.89. The number of H-pyrrole nitrogens is 1. The summed E-state index contributed by atoms with van der Waals surface area (Å²) in [5, 5.41) is 2.92. The molecule has 0 saturated heterocycles. The maximum absolute atomic E-state index is 4.32. The van der Waals surface area contributed by atoms with E-state index in [-0.39, 0.29) is 0 Å². The normalized spacial score (nSPS) is 10.7. The first-order valence-electron chi connectivity index (χ1n) is 4.27. The lowest BCUT2D eigenvalue weighted by molar-refractivity contribution is 1.30. The maximum atomic E-state index is 4.32. The monoisotopic (exact) mass is 234 g/mol. The van der Waals surface area contributed by atoms with Gasteiger partial charge in [0.05, 0.1) is 10.4 Å². The van der Waals surface area contributed by atoms with Crippen LogP contribution in [0.15, 0.2) is 29.5 Å². The Morgan fingerprint density at radius 2 is 2.20 bits per heavy atom. The summed E-state index contributed by atoms with van der Waals surface area (Å²) in [4.78, 5) is 16.8. The number of imidazole rings is 1. The van der Waals surface area contributed by atoms with Gasteiger partial charge in [-0.2, -0.15) is 0 Å². The van der Waals surface area contributed by atoms with Crippen molar-refractivity contribution in [3.8, 4) is 21.4 Å². The average molecular weight is 234 g/mol. The highest BCUT2D eigenvalue weighted by Crippen LogP contribution is 2.29. The number of hydrogen-bond donors (Lipinski definition) is 1. The zero-order valence-electron chi connectivity index (χ0n) is 7.54. The number of aromatic amines is 1. The molecule has 3 heterocycles. The van der Waals surface area contributed by atoms with E-state index >= 15 is 0 Å². The molecule has 74 valence electrons. The molecule has 3 aromatic heterocycles. The van der Waals surface area contributed by atoms with Gasteiger partial charge in [0, 0.05) is 24.0 Å². The standard InChI is InChI=1S/C9H6N4S2/c1-2-11-8(10-1)7-3-12-9(15-7)6-4-14-5-13-6/h1-5H,(H,10,11). The Morgan fingerprint density at radius 3 is 2.93 bits per heavy atom. The number of thiazole rings is 2. The molecule has 0 fully saturated rings. The van der Waals surface area contributed by atoms with Gasteiger partial charge in [0.15, 0.2) is 0 Å². The Bertz CT molecular complexity index is 490. The molecule has 1 N–H and O–H groups in total. The van der Waals surface area contributed by atoms with E-state index in [0.717, 1.165) is 21.4 Å². The molecule has 0 aliphatic heterocycles. The summed E-state index contributed by atoms with van der Waals surface area (Å²) < 4.78 is 0. The van der Waals surface area contributed by atoms with E-state index in [1.54, 1.807) is 35.1 Å². The number of hydrogen-bond acceptors (Lipinski definition) is 5. The van der Waals surface area contributed by atoms with Crippen LogP contribution in [-0.2, 0) is 0 Å². The molecule has 0 atom stereocenters. The van der Waals surface area contributed by atoms with E-state index in [2.05, 4.69) is 19.9 Å². The molecule has 4 nitrogen and oxygen atoms in total. The molecule has 0 aromatic carbocycles. The molecule has 0 radical (unpaired) electrons. The summed E-state index contributed by atoms with van der Waals surface area (Å²) in [6.07, 6.45) is 5.35. The third-order valence-corrected chi connectivity index (χ3v) is 3.50. The van der Waals surface area contributed by atoms with E-state index in [0.29, 0.717) is 0 Å². The van der Waals surface area contributed by atoms with Crippen LogP contribution in [0.4, 0.5) is 0 Å². The molecule has 0 saturated carbocycles. The van der Waals surface area contributed by atoms with Gasteiger partial charge < -0.3 is 4.98 Å². The van der Waals surface area contributed by atoms with Gasteiger partial charge in [-0.25, -0.2) is 15.0 Å². The Morgan fingerprint density at radius 1 is 1.20 bits per heavy atom. The second-order valence-corrected chi connectivity index (χ2v) is 4.59. The fraction of sp³-hybridized carbons (Fsp3) is 0. The van der Waals surface area contributed by atoms with Gasteiger partial charge in [-0.1, -0.05) is 0 Å². The van der Waals surface area contributed by atoms with Crippen molar-refractivity contribution in [3.63, 3.8) is 0 Å². The predicted molar refractivity (Wildman–Crippen MR) is 60.8 cm³/mol. The van der Waals surface area contributed by atoms with Crippen molar-refractivity contribution in [2.24, 2.45) is 0 Å². The summed E-state index contributed by atoms with van der Waals surface area (Å²) in [5.74, 6) is 0.856. The van der Waals surface area contributed by atoms with Crippen molar-refractivity contribution < 1.29 is 0 Å². The van der Waals surface area contributed by atoms with Gasteiger partial charge in [0.1, 0.15) is 16.5 Å². The van der Waals surface area contributed by atoms with E-state index in [1.807, 2.05) is 17.1 Å². The second-order valence-electron chi connectivity index (χ2n) is 2.84. The smallest absolute Gasteiger partial charge is 0.149 e. The highest BCUT2D eigenvalue weighted by atomic mass is 32.1. The molecule has 3 rings (SSSR count). The van der Waals surface area contributed by atoms with Crippen molar-refractivity contribution in [2.75, 3.05) is 0 Å². The lowest BCUT2D eigenvalue weighted by Gasteiger charge is -1.86. The van der Waals surface area contributed by atoms with Crippen LogP contribution in [0.5, 0.6) is 0 Å². The lowest BCUT2D eigenvalue weighted by atomic mass is 10.5. The number of rotatable bonds is 2.